The Kier molecular flexibility index (Phi) is 6.16. The highest BCUT2D eigenvalue weighted by Crippen LogP contribution is 2.30. The number of carbonyl (C=O) groups is 2. The number of anilines is 1. The van der Waals surface area contributed by atoms with Crippen molar-refractivity contribution >= 4 is 27.6 Å². The number of ether oxygens (including phenoxy) is 2. The summed E-state index contributed by atoms with van der Waals surface area (Å²) >= 11 is 0. The number of carboxylic acid groups (broad SMARTS) is 1. The highest BCUT2D eigenvalue weighted by molar-refractivity contribution is 7.89. The maximum absolute atomic E-state index is 13.0. The van der Waals surface area contributed by atoms with E-state index in [0.29, 0.717) is 13.2 Å². The van der Waals surface area contributed by atoms with Gasteiger partial charge in [0.15, 0.2) is 0 Å². The summed E-state index contributed by atoms with van der Waals surface area (Å²) in [6, 6.07) is 9.98. The van der Waals surface area contributed by atoms with Gasteiger partial charge >= 0.3 is 5.97 Å². The molecule has 2 aromatic rings. The van der Waals surface area contributed by atoms with E-state index < -0.39 is 21.9 Å². The third kappa shape index (κ3) is 4.39. The number of aromatic carboxylic acids is 1. The molecule has 2 N–H and O–H groups in total. The molecular weight excluding hydrogens is 400 g/mol. The smallest absolute Gasteiger partial charge is 0.336 e. The van der Waals surface area contributed by atoms with Crippen LogP contribution in [0.15, 0.2) is 47.4 Å². The van der Waals surface area contributed by atoms with Crippen molar-refractivity contribution in [2.75, 3.05) is 38.7 Å². The molecule has 1 aliphatic heterocycles. The molecule has 3 rings (SSSR count). The number of nitrogens with one attached hydrogen (secondary N) is 1. The van der Waals surface area contributed by atoms with Gasteiger partial charge in [0.2, 0.25) is 10.0 Å². The van der Waals surface area contributed by atoms with Gasteiger partial charge in [-0.05, 0) is 30.3 Å². The van der Waals surface area contributed by atoms with Crippen LogP contribution in [0, 0.1) is 0 Å². The van der Waals surface area contributed by atoms with Crippen LogP contribution in [0.1, 0.15) is 20.7 Å². The Bertz CT molecular complexity index is 1030. The van der Waals surface area contributed by atoms with Crippen molar-refractivity contribution in [3.05, 3.63) is 53.6 Å². The molecule has 0 radical (unpaired) electrons. The largest absolute Gasteiger partial charge is 0.495 e. The summed E-state index contributed by atoms with van der Waals surface area (Å²) < 4.78 is 37.7. The number of carbonyl (C=O) groups excluding carboxylic acids is 1. The molecule has 10 heteroatoms. The number of carboxylic acids is 1. The third-order valence-corrected chi connectivity index (χ3v) is 6.33. The molecule has 1 amide bonds. The molecule has 0 saturated carbocycles. The predicted molar refractivity (Wildman–Crippen MR) is 104 cm³/mol. The van der Waals surface area contributed by atoms with E-state index in [9.17, 15) is 23.1 Å². The summed E-state index contributed by atoms with van der Waals surface area (Å²) in [6.07, 6.45) is 0. The zero-order valence-electron chi connectivity index (χ0n) is 15.6. The fourth-order valence-corrected chi connectivity index (χ4v) is 4.54. The first-order chi connectivity index (χ1) is 13.8. The Labute approximate surface area is 167 Å². The summed E-state index contributed by atoms with van der Waals surface area (Å²) in [5, 5.41) is 11.8. The first kappa shape index (κ1) is 20.8. The van der Waals surface area contributed by atoms with Crippen molar-refractivity contribution in [3.8, 4) is 5.75 Å². The lowest BCUT2D eigenvalue weighted by Gasteiger charge is -2.26. The Hall–Kier alpha value is -2.95. The van der Waals surface area contributed by atoms with Crippen LogP contribution >= 0.6 is 0 Å². The van der Waals surface area contributed by atoms with Gasteiger partial charge in [0.1, 0.15) is 10.6 Å². The predicted octanol–water partition coefficient (Wildman–Crippen LogP) is 1.67. The molecule has 2 aromatic carbocycles. The second-order valence-electron chi connectivity index (χ2n) is 6.19. The minimum absolute atomic E-state index is 0.0339. The topological polar surface area (TPSA) is 122 Å². The molecule has 154 valence electrons. The van der Waals surface area contributed by atoms with Crippen LogP contribution in [0.2, 0.25) is 0 Å². The summed E-state index contributed by atoms with van der Waals surface area (Å²) in [6.45, 7) is 1.02. The fourth-order valence-electron chi connectivity index (χ4n) is 2.95. The number of methoxy groups -OCH3 is 1. The maximum Gasteiger partial charge on any atom is 0.336 e. The monoisotopic (exact) mass is 420 g/mol. The molecule has 0 spiro atoms. The highest BCUT2D eigenvalue weighted by atomic mass is 32.2. The highest BCUT2D eigenvalue weighted by Gasteiger charge is 2.29. The molecule has 0 atom stereocenters. The Morgan fingerprint density at radius 2 is 1.76 bits per heavy atom. The zero-order chi connectivity index (χ0) is 21.0. The first-order valence-corrected chi connectivity index (χ1v) is 10.2. The molecular formula is C19H20N2O7S. The molecule has 9 nitrogen and oxygen atoms in total. The maximum atomic E-state index is 13.0. The lowest BCUT2D eigenvalue weighted by Crippen LogP contribution is -2.40. The lowest BCUT2D eigenvalue weighted by molar-refractivity contribution is 0.0692. The van der Waals surface area contributed by atoms with Gasteiger partial charge in [0, 0.05) is 18.8 Å². The second kappa shape index (κ2) is 8.60. The standard InChI is InChI=1S/C19H20N2O7S/c1-27-16-7-6-13(12-17(16)29(25,26)21-8-10-28-11-9-21)20-18(22)14-4-2-3-5-15(14)19(23)24/h2-7,12H,8-11H2,1H3,(H,20,22)(H,23,24). The summed E-state index contributed by atoms with van der Waals surface area (Å²) in [5.41, 5.74) is 0.0101. The molecule has 1 saturated heterocycles. The minimum atomic E-state index is -3.87. The van der Waals surface area contributed by atoms with Crippen molar-refractivity contribution in [3.63, 3.8) is 0 Å². The number of morpholine rings is 1. The van der Waals surface area contributed by atoms with E-state index in [1.54, 1.807) is 6.07 Å². The summed E-state index contributed by atoms with van der Waals surface area (Å²) in [5.74, 6) is -1.76. The number of hydrogen-bond donors (Lipinski definition) is 2. The number of nitrogens with zero attached hydrogens (tertiary/aromatic N) is 1. The van der Waals surface area contributed by atoms with Gasteiger partial charge in [0.05, 0.1) is 31.5 Å². The van der Waals surface area contributed by atoms with Crippen LogP contribution < -0.4 is 10.1 Å². The number of hydrogen-bond acceptors (Lipinski definition) is 6. The fraction of sp³-hybridized carbons (Fsp3) is 0.263. The number of rotatable bonds is 6. The molecule has 0 aromatic heterocycles. The molecule has 1 fully saturated rings. The van der Waals surface area contributed by atoms with Crippen molar-refractivity contribution in [1.29, 1.82) is 0 Å². The Morgan fingerprint density at radius 3 is 2.38 bits per heavy atom. The zero-order valence-corrected chi connectivity index (χ0v) is 16.4. The quantitative estimate of drug-likeness (QED) is 0.729. The van der Waals surface area contributed by atoms with Crippen LogP contribution in [0.5, 0.6) is 5.75 Å². The van der Waals surface area contributed by atoms with Crippen molar-refractivity contribution in [1.82, 2.24) is 4.31 Å². The van der Waals surface area contributed by atoms with Gasteiger partial charge in [-0.25, -0.2) is 13.2 Å². The van der Waals surface area contributed by atoms with Gasteiger partial charge in [-0.3, -0.25) is 4.79 Å². The lowest BCUT2D eigenvalue weighted by atomic mass is 10.1. The molecule has 0 aliphatic carbocycles. The average molecular weight is 420 g/mol. The van der Waals surface area contributed by atoms with Crippen LogP contribution in [-0.4, -0.2) is 63.1 Å². The Balaban J connectivity index is 1.93. The van der Waals surface area contributed by atoms with Crippen molar-refractivity contribution < 1.29 is 32.6 Å². The summed E-state index contributed by atoms with van der Waals surface area (Å²) in [4.78, 5) is 23.8. The number of amides is 1. The van der Waals surface area contributed by atoms with E-state index in [2.05, 4.69) is 5.32 Å². The van der Waals surface area contributed by atoms with Crippen LogP contribution in [0.25, 0.3) is 0 Å². The van der Waals surface area contributed by atoms with E-state index in [0.717, 1.165) is 0 Å². The number of benzene rings is 2. The number of sulfonamides is 1. The Morgan fingerprint density at radius 1 is 1.10 bits per heavy atom. The molecule has 29 heavy (non-hydrogen) atoms. The molecule has 1 aliphatic rings. The SMILES string of the molecule is COc1ccc(NC(=O)c2ccccc2C(=O)O)cc1S(=O)(=O)N1CCOCC1. The van der Waals surface area contributed by atoms with Crippen LogP contribution in [0.4, 0.5) is 5.69 Å². The van der Waals surface area contributed by atoms with E-state index in [1.165, 1.54) is 47.8 Å². The van der Waals surface area contributed by atoms with E-state index in [-0.39, 0.29) is 40.5 Å². The van der Waals surface area contributed by atoms with Gasteiger partial charge in [-0.1, -0.05) is 12.1 Å². The van der Waals surface area contributed by atoms with Gasteiger partial charge in [0.25, 0.3) is 5.91 Å². The normalized spacial score (nSPS) is 14.9. The van der Waals surface area contributed by atoms with E-state index in [1.807, 2.05) is 0 Å². The average Bonchev–Trinajstić information content (AvgIpc) is 2.74. The van der Waals surface area contributed by atoms with E-state index in [4.69, 9.17) is 9.47 Å². The van der Waals surface area contributed by atoms with Crippen molar-refractivity contribution in [2.24, 2.45) is 0 Å². The van der Waals surface area contributed by atoms with E-state index >= 15 is 0 Å². The molecule has 0 unspecified atom stereocenters. The first-order valence-electron chi connectivity index (χ1n) is 8.74. The summed E-state index contributed by atoms with van der Waals surface area (Å²) in [7, 11) is -2.51. The minimum Gasteiger partial charge on any atom is -0.495 e. The third-order valence-electron chi connectivity index (χ3n) is 4.41. The van der Waals surface area contributed by atoms with Crippen LogP contribution in [-0.2, 0) is 14.8 Å². The van der Waals surface area contributed by atoms with Gasteiger partial charge < -0.3 is 19.9 Å². The van der Waals surface area contributed by atoms with Gasteiger partial charge in [-0.2, -0.15) is 4.31 Å². The van der Waals surface area contributed by atoms with Gasteiger partial charge in [-0.15, -0.1) is 0 Å². The van der Waals surface area contributed by atoms with Crippen molar-refractivity contribution in [2.45, 2.75) is 4.90 Å². The second-order valence-corrected chi connectivity index (χ2v) is 8.09. The molecule has 1 heterocycles. The molecule has 0 bridgehead atoms. The van der Waals surface area contributed by atoms with Crippen LogP contribution in [0.3, 0.4) is 0 Å².